The fraction of sp³-hybridized carbons (Fsp3) is 0.316. The summed E-state index contributed by atoms with van der Waals surface area (Å²) < 4.78 is 25.3. The van der Waals surface area contributed by atoms with Crippen molar-refractivity contribution >= 4 is 33.2 Å². The van der Waals surface area contributed by atoms with Crippen molar-refractivity contribution in [2.24, 2.45) is 0 Å². The van der Waals surface area contributed by atoms with Gasteiger partial charge in [0.05, 0.1) is 11.9 Å². The highest BCUT2D eigenvalue weighted by molar-refractivity contribution is 7.92. The van der Waals surface area contributed by atoms with Gasteiger partial charge in [-0.15, -0.1) is 0 Å². The molecule has 5 nitrogen and oxygen atoms in total. The fourth-order valence-electron chi connectivity index (χ4n) is 3.36. The summed E-state index contributed by atoms with van der Waals surface area (Å²) >= 11 is 5.96. The Labute approximate surface area is 159 Å². The molecule has 1 aliphatic rings. The van der Waals surface area contributed by atoms with Crippen LogP contribution in [0.25, 0.3) is 0 Å². The molecule has 1 unspecified atom stereocenters. The standard InChI is InChI=1S/C19H21ClN2O3S/c1-13-10-16-12-15(6-7-18(16)22(13)26(2,24)25)19(23)21-9-8-14-4-3-5-17(20)11-14/h3-7,11-13H,8-10H2,1-2H3,(H,21,23). The minimum Gasteiger partial charge on any atom is -0.352 e. The van der Waals surface area contributed by atoms with E-state index in [-0.39, 0.29) is 11.9 Å². The lowest BCUT2D eigenvalue weighted by atomic mass is 10.1. The van der Waals surface area contributed by atoms with Gasteiger partial charge in [0.25, 0.3) is 5.91 Å². The minimum absolute atomic E-state index is 0.138. The Morgan fingerprint density at radius 2 is 2.04 bits per heavy atom. The normalized spacial score (nSPS) is 16.4. The fourth-order valence-corrected chi connectivity index (χ4v) is 4.84. The number of nitrogens with one attached hydrogen (secondary N) is 1. The molecule has 2 aromatic rings. The average molecular weight is 393 g/mol. The molecule has 0 spiro atoms. The molecule has 0 saturated carbocycles. The number of carbonyl (C=O) groups excluding carboxylic acids is 1. The Kier molecular flexibility index (Phi) is 5.25. The van der Waals surface area contributed by atoms with E-state index in [4.69, 9.17) is 11.6 Å². The van der Waals surface area contributed by atoms with Gasteiger partial charge in [-0.3, -0.25) is 9.10 Å². The molecule has 1 aliphatic heterocycles. The van der Waals surface area contributed by atoms with Gasteiger partial charge in [0.1, 0.15) is 0 Å². The number of amides is 1. The molecule has 1 amide bonds. The highest BCUT2D eigenvalue weighted by Crippen LogP contribution is 2.34. The summed E-state index contributed by atoms with van der Waals surface area (Å²) in [5.74, 6) is -0.166. The van der Waals surface area contributed by atoms with Gasteiger partial charge in [0, 0.05) is 23.2 Å². The van der Waals surface area contributed by atoms with Crippen LogP contribution in [0.5, 0.6) is 0 Å². The van der Waals surface area contributed by atoms with Crippen LogP contribution in [0.1, 0.15) is 28.4 Å². The molecule has 7 heteroatoms. The summed E-state index contributed by atoms with van der Waals surface area (Å²) in [7, 11) is -3.32. The van der Waals surface area contributed by atoms with Gasteiger partial charge >= 0.3 is 0 Å². The largest absolute Gasteiger partial charge is 0.352 e. The van der Waals surface area contributed by atoms with Gasteiger partial charge in [0.2, 0.25) is 10.0 Å². The van der Waals surface area contributed by atoms with E-state index < -0.39 is 10.0 Å². The lowest BCUT2D eigenvalue weighted by molar-refractivity contribution is 0.0954. The molecule has 0 aliphatic carbocycles. The third-order valence-electron chi connectivity index (χ3n) is 4.44. The van der Waals surface area contributed by atoms with E-state index >= 15 is 0 Å². The van der Waals surface area contributed by atoms with Crippen molar-refractivity contribution in [2.75, 3.05) is 17.1 Å². The second-order valence-electron chi connectivity index (χ2n) is 6.59. The van der Waals surface area contributed by atoms with Crippen LogP contribution < -0.4 is 9.62 Å². The first-order chi connectivity index (χ1) is 12.3. The summed E-state index contributed by atoms with van der Waals surface area (Å²) in [6, 6.07) is 12.6. The lowest BCUT2D eigenvalue weighted by Gasteiger charge is -2.21. The number of carbonyl (C=O) groups is 1. The molecule has 2 aromatic carbocycles. The Bertz CT molecular complexity index is 944. The lowest BCUT2D eigenvalue weighted by Crippen LogP contribution is -2.34. The third-order valence-corrected chi connectivity index (χ3v) is 5.95. The Hall–Kier alpha value is -2.05. The van der Waals surface area contributed by atoms with Crippen molar-refractivity contribution < 1.29 is 13.2 Å². The second-order valence-corrected chi connectivity index (χ2v) is 8.89. The monoisotopic (exact) mass is 392 g/mol. The van der Waals surface area contributed by atoms with Crippen LogP contribution in [0.3, 0.4) is 0 Å². The van der Waals surface area contributed by atoms with Gasteiger partial charge in [-0.1, -0.05) is 23.7 Å². The molecule has 3 rings (SSSR count). The van der Waals surface area contributed by atoms with Crippen molar-refractivity contribution in [3.05, 3.63) is 64.2 Å². The minimum atomic E-state index is -3.32. The van der Waals surface area contributed by atoms with Crippen LogP contribution in [-0.4, -0.2) is 33.2 Å². The Morgan fingerprint density at radius 3 is 2.73 bits per heavy atom. The summed E-state index contributed by atoms with van der Waals surface area (Å²) in [5, 5.41) is 3.57. The second kappa shape index (κ2) is 7.29. The van der Waals surface area contributed by atoms with E-state index in [1.54, 1.807) is 18.2 Å². The number of hydrogen-bond acceptors (Lipinski definition) is 3. The van der Waals surface area contributed by atoms with E-state index in [1.807, 2.05) is 31.2 Å². The Balaban J connectivity index is 1.67. The number of hydrogen-bond donors (Lipinski definition) is 1. The molecule has 26 heavy (non-hydrogen) atoms. The van der Waals surface area contributed by atoms with Crippen molar-refractivity contribution in [1.82, 2.24) is 5.32 Å². The molecule has 0 radical (unpaired) electrons. The molecule has 138 valence electrons. The van der Waals surface area contributed by atoms with Crippen LogP contribution in [0.2, 0.25) is 5.02 Å². The van der Waals surface area contributed by atoms with Crippen molar-refractivity contribution in [3.63, 3.8) is 0 Å². The number of sulfonamides is 1. The summed E-state index contributed by atoms with van der Waals surface area (Å²) in [6.45, 7) is 2.37. The zero-order chi connectivity index (χ0) is 18.9. The van der Waals surface area contributed by atoms with E-state index in [0.717, 1.165) is 11.1 Å². The molecular formula is C19H21ClN2O3S. The predicted molar refractivity (Wildman–Crippen MR) is 104 cm³/mol. The number of anilines is 1. The predicted octanol–water partition coefficient (Wildman–Crippen LogP) is 3.02. The summed E-state index contributed by atoms with van der Waals surface area (Å²) in [5.41, 5.74) is 3.14. The van der Waals surface area contributed by atoms with Crippen molar-refractivity contribution in [2.45, 2.75) is 25.8 Å². The molecule has 0 fully saturated rings. The topological polar surface area (TPSA) is 66.5 Å². The molecule has 0 bridgehead atoms. The number of benzene rings is 2. The van der Waals surface area contributed by atoms with Gasteiger partial charge in [0.15, 0.2) is 0 Å². The first kappa shape index (κ1) is 18.7. The van der Waals surface area contributed by atoms with Crippen molar-refractivity contribution in [1.29, 1.82) is 0 Å². The van der Waals surface area contributed by atoms with Crippen LogP contribution in [0.15, 0.2) is 42.5 Å². The third kappa shape index (κ3) is 4.02. The highest BCUT2D eigenvalue weighted by Gasteiger charge is 2.32. The van der Waals surface area contributed by atoms with E-state index in [0.29, 0.717) is 35.7 Å². The van der Waals surface area contributed by atoms with Crippen LogP contribution in [0, 0.1) is 0 Å². The molecule has 1 heterocycles. The highest BCUT2D eigenvalue weighted by atomic mass is 35.5. The van der Waals surface area contributed by atoms with E-state index in [1.165, 1.54) is 10.6 Å². The molecular weight excluding hydrogens is 372 g/mol. The zero-order valence-corrected chi connectivity index (χ0v) is 16.3. The maximum Gasteiger partial charge on any atom is 0.251 e. The molecule has 0 saturated heterocycles. The SMILES string of the molecule is CC1Cc2cc(C(=O)NCCc3cccc(Cl)c3)ccc2N1S(C)(=O)=O. The average Bonchev–Trinajstić information content (AvgIpc) is 2.89. The van der Waals surface area contributed by atoms with Crippen LogP contribution in [-0.2, 0) is 22.9 Å². The van der Waals surface area contributed by atoms with Gasteiger partial charge in [-0.2, -0.15) is 0 Å². The Morgan fingerprint density at radius 1 is 1.27 bits per heavy atom. The summed E-state index contributed by atoms with van der Waals surface area (Å²) in [6.07, 6.45) is 2.50. The zero-order valence-electron chi connectivity index (χ0n) is 14.7. The number of halogens is 1. The first-order valence-corrected chi connectivity index (χ1v) is 10.6. The van der Waals surface area contributed by atoms with Crippen LogP contribution >= 0.6 is 11.6 Å². The maximum absolute atomic E-state index is 12.4. The van der Waals surface area contributed by atoms with Crippen molar-refractivity contribution in [3.8, 4) is 0 Å². The quantitative estimate of drug-likeness (QED) is 0.850. The van der Waals surface area contributed by atoms with Gasteiger partial charge in [-0.25, -0.2) is 8.42 Å². The molecule has 1 atom stereocenters. The summed E-state index contributed by atoms with van der Waals surface area (Å²) in [4.78, 5) is 12.4. The molecule has 1 N–H and O–H groups in total. The number of nitrogens with zero attached hydrogens (tertiary/aromatic N) is 1. The maximum atomic E-state index is 12.4. The van der Waals surface area contributed by atoms with Crippen LogP contribution in [0.4, 0.5) is 5.69 Å². The van der Waals surface area contributed by atoms with E-state index in [2.05, 4.69) is 5.32 Å². The van der Waals surface area contributed by atoms with E-state index in [9.17, 15) is 13.2 Å². The number of fused-ring (bicyclic) bond motifs is 1. The first-order valence-electron chi connectivity index (χ1n) is 8.40. The van der Waals surface area contributed by atoms with Gasteiger partial charge < -0.3 is 5.32 Å². The van der Waals surface area contributed by atoms with Gasteiger partial charge in [-0.05, 0) is 61.2 Å². The molecule has 0 aromatic heterocycles. The number of rotatable bonds is 5. The smallest absolute Gasteiger partial charge is 0.251 e.